The third-order valence-corrected chi connectivity index (χ3v) is 4.90. The third kappa shape index (κ3) is 4.35. The minimum atomic E-state index is -0.364. The lowest BCUT2D eigenvalue weighted by molar-refractivity contribution is -0.133. The molecule has 0 aliphatic carbocycles. The number of piperidine rings is 1. The van der Waals surface area contributed by atoms with E-state index in [1.54, 1.807) is 4.90 Å². The molecule has 1 fully saturated rings. The van der Waals surface area contributed by atoms with Crippen LogP contribution in [0.4, 0.5) is 4.39 Å². The van der Waals surface area contributed by atoms with E-state index in [9.17, 15) is 14.0 Å². The van der Waals surface area contributed by atoms with Gasteiger partial charge in [-0.1, -0.05) is 30.3 Å². The number of benzene rings is 2. The minimum absolute atomic E-state index is 0.0297. The van der Waals surface area contributed by atoms with Gasteiger partial charge in [0, 0.05) is 37.0 Å². The van der Waals surface area contributed by atoms with Gasteiger partial charge in [0.05, 0.1) is 0 Å². The maximum atomic E-state index is 13.0. The van der Waals surface area contributed by atoms with Crippen LogP contribution in [0.15, 0.2) is 54.6 Å². The first kappa shape index (κ1) is 18.3. The van der Waals surface area contributed by atoms with E-state index in [1.165, 1.54) is 24.3 Å². The Hall–Kier alpha value is -2.53. The molecule has 0 saturated carbocycles. The zero-order valence-corrected chi connectivity index (χ0v) is 14.6. The van der Waals surface area contributed by atoms with E-state index in [-0.39, 0.29) is 35.9 Å². The van der Waals surface area contributed by atoms with Crippen LogP contribution < -0.4 is 5.73 Å². The molecule has 4 nitrogen and oxygen atoms in total. The first-order chi connectivity index (χ1) is 12.5. The average Bonchev–Trinajstić information content (AvgIpc) is 2.68. The highest BCUT2D eigenvalue weighted by Crippen LogP contribution is 2.23. The summed E-state index contributed by atoms with van der Waals surface area (Å²) in [7, 11) is 0. The van der Waals surface area contributed by atoms with Crippen molar-refractivity contribution in [2.75, 3.05) is 13.1 Å². The standard InChI is InChI=1S/C21H23FN2O2/c22-18-10-8-16(9-11-18)21(26)17-7-4-12-24(14-17)20(25)13-19(23)15-5-2-1-3-6-15/h1-3,5-6,8-11,17,19H,4,7,12-14,23H2. The fourth-order valence-corrected chi connectivity index (χ4v) is 3.40. The van der Waals surface area contributed by atoms with Gasteiger partial charge in [-0.05, 0) is 42.7 Å². The zero-order valence-electron chi connectivity index (χ0n) is 14.6. The van der Waals surface area contributed by atoms with Crippen molar-refractivity contribution in [3.63, 3.8) is 0 Å². The number of amides is 1. The van der Waals surface area contributed by atoms with Crippen LogP contribution in [0.25, 0.3) is 0 Å². The predicted molar refractivity (Wildman–Crippen MR) is 98.0 cm³/mol. The summed E-state index contributed by atoms with van der Waals surface area (Å²) in [6, 6.07) is 14.8. The number of Topliss-reactive ketones (excluding diaryl/α,β-unsaturated/α-hetero) is 1. The molecule has 0 bridgehead atoms. The average molecular weight is 354 g/mol. The van der Waals surface area contributed by atoms with Crippen molar-refractivity contribution in [3.05, 3.63) is 71.5 Å². The highest BCUT2D eigenvalue weighted by Gasteiger charge is 2.29. The Balaban J connectivity index is 1.61. The Morgan fingerprint density at radius 1 is 1.12 bits per heavy atom. The van der Waals surface area contributed by atoms with Crippen LogP contribution in [0.2, 0.25) is 0 Å². The number of halogens is 1. The van der Waals surface area contributed by atoms with Crippen molar-refractivity contribution < 1.29 is 14.0 Å². The monoisotopic (exact) mass is 354 g/mol. The number of hydrogen-bond acceptors (Lipinski definition) is 3. The van der Waals surface area contributed by atoms with Gasteiger partial charge in [-0.25, -0.2) is 4.39 Å². The molecule has 0 spiro atoms. The Morgan fingerprint density at radius 3 is 2.50 bits per heavy atom. The van der Waals surface area contributed by atoms with Crippen LogP contribution in [0.5, 0.6) is 0 Å². The largest absolute Gasteiger partial charge is 0.342 e. The van der Waals surface area contributed by atoms with E-state index >= 15 is 0 Å². The molecule has 0 radical (unpaired) electrons. The van der Waals surface area contributed by atoms with Crippen molar-refractivity contribution in [2.24, 2.45) is 11.7 Å². The molecular formula is C21H23FN2O2. The highest BCUT2D eigenvalue weighted by atomic mass is 19.1. The molecule has 3 rings (SSSR count). The van der Waals surface area contributed by atoms with Crippen LogP contribution >= 0.6 is 0 Å². The summed E-state index contributed by atoms with van der Waals surface area (Å²) in [5.74, 6) is -0.671. The summed E-state index contributed by atoms with van der Waals surface area (Å²) in [6.45, 7) is 1.05. The lowest BCUT2D eigenvalue weighted by atomic mass is 9.89. The second kappa shape index (κ2) is 8.23. The maximum absolute atomic E-state index is 13.0. The van der Waals surface area contributed by atoms with Crippen molar-refractivity contribution in [3.8, 4) is 0 Å². The van der Waals surface area contributed by atoms with Crippen molar-refractivity contribution >= 4 is 11.7 Å². The molecule has 136 valence electrons. The van der Waals surface area contributed by atoms with E-state index in [0.29, 0.717) is 18.7 Å². The summed E-state index contributed by atoms with van der Waals surface area (Å²) in [5.41, 5.74) is 7.57. The van der Waals surface area contributed by atoms with Crippen LogP contribution in [-0.2, 0) is 4.79 Å². The van der Waals surface area contributed by atoms with Crippen molar-refractivity contribution in [1.29, 1.82) is 0 Å². The number of likely N-dealkylation sites (tertiary alicyclic amines) is 1. The summed E-state index contributed by atoms with van der Waals surface area (Å²) in [4.78, 5) is 27.0. The van der Waals surface area contributed by atoms with Crippen molar-refractivity contribution in [1.82, 2.24) is 4.90 Å². The molecule has 2 aromatic carbocycles. The van der Waals surface area contributed by atoms with Gasteiger partial charge in [-0.3, -0.25) is 9.59 Å². The number of nitrogens with two attached hydrogens (primary N) is 1. The first-order valence-electron chi connectivity index (χ1n) is 8.92. The molecule has 1 aliphatic rings. The van der Waals surface area contributed by atoms with Gasteiger partial charge in [0.15, 0.2) is 5.78 Å². The van der Waals surface area contributed by atoms with Gasteiger partial charge in [-0.2, -0.15) is 0 Å². The second-order valence-electron chi connectivity index (χ2n) is 6.77. The molecule has 26 heavy (non-hydrogen) atoms. The smallest absolute Gasteiger partial charge is 0.224 e. The lowest BCUT2D eigenvalue weighted by Gasteiger charge is -2.32. The summed E-state index contributed by atoms with van der Waals surface area (Å²) >= 11 is 0. The molecule has 0 aromatic heterocycles. The van der Waals surface area contributed by atoms with E-state index in [1.807, 2.05) is 30.3 Å². The van der Waals surface area contributed by atoms with Gasteiger partial charge < -0.3 is 10.6 Å². The Morgan fingerprint density at radius 2 is 1.81 bits per heavy atom. The van der Waals surface area contributed by atoms with Crippen molar-refractivity contribution in [2.45, 2.75) is 25.3 Å². The molecule has 2 unspecified atom stereocenters. The number of nitrogens with zero attached hydrogens (tertiary/aromatic N) is 1. The summed E-state index contributed by atoms with van der Waals surface area (Å²) < 4.78 is 13.0. The van der Waals surface area contributed by atoms with E-state index in [4.69, 9.17) is 5.73 Å². The molecule has 1 amide bonds. The van der Waals surface area contributed by atoms with E-state index < -0.39 is 0 Å². The minimum Gasteiger partial charge on any atom is -0.342 e. The quantitative estimate of drug-likeness (QED) is 0.838. The molecule has 2 aromatic rings. The van der Waals surface area contributed by atoms with Crippen LogP contribution in [0.1, 0.15) is 41.2 Å². The van der Waals surface area contributed by atoms with Gasteiger partial charge in [0.2, 0.25) is 5.91 Å². The molecule has 1 heterocycles. The van der Waals surface area contributed by atoms with Gasteiger partial charge in [0.1, 0.15) is 5.82 Å². The SMILES string of the molecule is NC(CC(=O)N1CCCC(C(=O)c2ccc(F)cc2)C1)c1ccccc1. The van der Waals surface area contributed by atoms with Gasteiger partial charge >= 0.3 is 0 Å². The second-order valence-corrected chi connectivity index (χ2v) is 6.77. The van der Waals surface area contributed by atoms with Crippen LogP contribution in [0.3, 0.4) is 0 Å². The normalized spacial score (nSPS) is 18.4. The number of carbonyl (C=O) groups is 2. The van der Waals surface area contributed by atoms with Crippen LogP contribution in [-0.4, -0.2) is 29.7 Å². The Kier molecular flexibility index (Phi) is 5.78. The molecule has 1 saturated heterocycles. The van der Waals surface area contributed by atoms with Gasteiger partial charge in [-0.15, -0.1) is 0 Å². The van der Waals surface area contributed by atoms with Gasteiger partial charge in [0.25, 0.3) is 0 Å². The fraction of sp³-hybridized carbons (Fsp3) is 0.333. The summed E-state index contributed by atoms with van der Waals surface area (Å²) in [6.07, 6.45) is 1.75. The number of hydrogen-bond donors (Lipinski definition) is 1. The summed E-state index contributed by atoms with van der Waals surface area (Å²) in [5, 5.41) is 0. The van der Waals surface area contributed by atoms with E-state index in [2.05, 4.69) is 0 Å². The first-order valence-corrected chi connectivity index (χ1v) is 8.92. The number of carbonyl (C=O) groups excluding carboxylic acids is 2. The predicted octanol–water partition coefficient (Wildman–Crippen LogP) is 3.34. The molecular weight excluding hydrogens is 331 g/mol. The highest BCUT2D eigenvalue weighted by molar-refractivity contribution is 5.98. The maximum Gasteiger partial charge on any atom is 0.224 e. The van der Waals surface area contributed by atoms with E-state index in [0.717, 1.165) is 18.4 Å². The van der Waals surface area contributed by atoms with Crippen LogP contribution in [0, 0.1) is 11.7 Å². The topological polar surface area (TPSA) is 63.4 Å². The molecule has 2 atom stereocenters. The number of rotatable bonds is 5. The molecule has 2 N–H and O–H groups in total. The zero-order chi connectivity index (χ0) is 18.5. The Labute approximate surface area is 152 Å². The number of ketones is 1. The Bertz CT molecular complexity index is 761. The molecule has 1 aliphatic heterocycles. The third-order valence-electron chi connectivity index (χ3n) is 4.90. The molecule has 5 heteroatoms. The lowest BCUT2D eigenvalue weighted by Crippen LogP contribution is -2.43. The fourth-order valence-electron chi connectivity index (χ4n) is 3.40.